The van der Waals surface area contributed by atoms with Gasteiger partial charge in [0.05, 0.1) is 0 Å². The Kier molecular flexibility index (Phi) is 3.14. The summed E-state index contributed by atoms with van der Waals surface area (Å²) >= 11 is 0. The fourth-order valence-electron chi connectivity index (χ4n) is 3.12. The highest BCUT2D eigenvalue weighted by atomic mass is 16.4. The maximum Gasteiger partial charge on any atom is 0.219 e. The molecule has 0 aliphatic heterocycles. The smallest absolute Gasteiger partial charge is 0.219 e. The van der Waals surface area contributed by atoms with Crippen molar-refractivity contribution in [1.29, 1.82) is 0 Å². The van der Waals surface area contributed by atoms with E-state index in [2.05, 4.69) is 10.2 Å². The van der Waals surface area contributed by atoms with Gasteiger partial charge in [0.1, 0.15) is 0 Å². The quantitative estimate of drug-likeness (QED) is 0.856. The van der Waals surface area contributed by atoms with Gasteiger partial charge in [0.15, 0.2) is 0 Å². The van der Waals surface area contributed by atoms with Crippen LogP contribution in [0.1, 0.15) is 75.0 Å². The van der Waals surface area contributed by atoms with Crippen LogP contribution in [0.25, 0.3) is 0 Å². The number of aromatic nitrogens is 2. The average molecular weight is 235 g/mol. The molecule has 4 nitrogen and oxygen atoms in total. The number of hydrogen-bond donors (Lipinski definition) is 1. The molecular weight excluding hydrogens is 214 g/mol. The van der Waals surface area contributed by atoms with Crippen LogP contribution in [0.4, 0.5) is 0 Å². The summed E-state index contributed by atoms with van der Waals surface area (Å²) in [5.74, 6) is 2.73. The van der Waals surface area contributed by atoms with E-state index < -0.39 is 0 Å². The van der Waals surface area contributed by atoms with Crippen LogP contribution >= 0.6 is 0 Å². The number of hydrogen-bond acceptors (Lipinski definition) is 4. The van der Waals surface area contributed by atoms with Crippen LogP contribution in [0.15, 0.2) is 4.42 Å². The van der Waals surface area contributed by atoms with Crippen LogP contribution in [0.2, 0.25) is 0 Å². The van der Waals surface area contributed by atoms with Gasteiger partial charge in [-0.1, -0.05) is 12.8 Å². The molecule has 0 bridgehead atoms. The SMILES string of the molecule is NC1CCC(c2nnc(C3CCCC3)o2)CC1. The molecule has 94 valence electrons. The monoisotopic (exact) mass is 235 g/mol. The molecule has 0 unspecified atom stereocenters. The third-order valence-electron chi connectivity index (χ3n) is 4.28. The topological polar surface area (TPSA) is 64.9 Å². The van der Waals surface area contributed by atoms with Gasteiger partial charge in [-0.05, 0) is 38.5 Å². The summed E-state index contributed by atoms with van der Waals surface area (Å²) in [6.07, 6.45) is 9.44. The lowest BCUT2D eigenvalue weighted by atomic mass is 9.86. The Morgan fingerprint density at radius 1 is 0.824 bits per heavy atom. The van der Waals surface area contributed by atoms with Gasteiger partial charge in [-0.3, -0.25) is 0 Å². The molecule has 0 spiro atoms. The van der Waals surface area contributed by atoms with Crippen molar-refractivity contribution in [3.8, 4) is 0 Å². The van der Waals surface area contributed by atoms with Crippen molar-refractivity contribution in [2.24, 2.45) is 5.73 Å². The van der Waals surface area contributed by atoms with Crippen LogP contribution in [0.5, 0.6) is 0 Å². The van der Waals surface area contributed by atoms with E-state index in [4.69, 9.17) is 10.2 Å². The molecule has 2 aliphatic carbocycles. The van der Waals surface area contributed by atoms with Gasteiger partial charge >= 0.3 is 0 Å². The first-order valence-corrected chi connectivity index (χ1v) is 6.92. The average Bonchev–Trinajstić information content (AvgIpc) is 3.00. The van der Waals surface area contributed by atoms with Crippen molar-refractivity contribution in [1.82, 2.24) is 10.2 Å². The summed E-state index contributed by atoms with van der Waals surface area (Å²) in [7, 11) is 0. The summed E-state index contributed by atoms with van der Waals surface area (Å²) in [4.78, 5) is 0. The van der Waals surface area contributed by atoms with Gasteiger partial charge in [-0.2, -0.15) is 0 Å². The maximum absolute atomic E-state index is 5.91. The highest BCUT2D eigenvalue weighted by molar-refractivity contribution is 4.99. The Morgan fingerprint density at radius 2 is 1.35 bits per heavy atom. The molecule has 1 aromatic rings. The largest absolute Gasteiger partial charge is 0.425 e. The summed E-state index contributed by atoms with van der Waals surface area (Å²) in [6, 6.07) is 0.378. The molecule has 3 rings (SSSR count). The van der Waals surface area contributed by atoms with Crippen LogP contribution in [-0.2, 0) is 0 Å². The van der Waals surface area contributed by atoms with Gasteiger partial charge in [-0.25, -0.2) is 0 Å². The summed E-state index contributed by atoms with van der Waals surface area (Å²) < 4.78 is 5.88. The summed E-state index contributed by atoms with van der Waals surface area (Å²) in [5.41, 5.74) is 5.91. The van der Waals surface area contributed by atoms with E-state index >= 15 is 0 Å². The minimum Gasteiger partial charge on any atom is -0.425 e. The van der Waals surface area contributed by atoms with Crippen molar-refractivity contribution in [2.45, 2.75) is 69.2 Å². The Balaban J connectivity index is 1.67. The lowest BCUT2D eigenvalue weighted by molar-refractivity contribution is 0.323. The molecule has 4 heteroatoms. The minimum absolute atomic E-state index is 0.378. The Bertz CT molecular complexity index is 362. The Hall–Kier alpha value is -0.900. The van der Waals surface area contributed by atoms with Crippen molar-refractivity contribution in [3.63, 3.8) is 0 Å². The molecule has 17 heavy (non-hydrogen) atoms. The second kappa shape index (κ2) is 4.77. The van der Waals surface area contributed by atoms with Gasteiger partial charge < -0.3 is 10.2 Å². The van der Waals surface area contributed by atoms with Gasteiger partial charge in [-0.15, -0.1) is 10.2 Å². The number of rotatable bonds is 2. The van der Waals surface area contributed by atoms with E-state index in [1.807, 2.05) is 0 Å². The number of nitrogens with zero attached hydrogens (tertiary/aromatic N) is 2. The zero-order valence-electron chi connectivity index (χ0n) is 10.3. The molecule has 0 radical (unpaired) electrons. The molecule has 1 heterocycles. The lowest BCUT2D eigenvalue weighted by Crippen LogP contribution is -2.25. The number of nitrogens with two attached hydrogens (primary N) is 1. The zero-order valence-corrected chi connectivity index (χ0v) is 10.3. The molecule has 2 aliphatic rings. The van der Waals surface area contributed by atoms with Crippen molar-refractivity contribution in [3.05, 3.63) is 11.8 Å². The van der Waals surface area contributed by atoms with Crippen LogP contribution < -0.4 is 5.73 Å². The first-order valence-electron chi connectivity index (χ1n) is 6.92. The lowest BCUT2D eigenvalue weighted by Gasteiger charge is -2.23. The predicted octanol–water partition coefficient (Wildman–Crippen LogP) is 2.71. The second-order valence-electron chi connectivity index (χ2n) is 5.57. The van der Waals surface area contributed by atoms with E-state index in [9.17, 15) is 0 Å². The van der Waals surface area contributed by atoms with Gasteiger partial charge in [0, 0.05) is 17.9 Å². The molecular formula is C13H21N3O. The summed E-state index contributed by atoms with van der Waals surface area (Å²) in [5, 5.41) is 8.50. The standard InChI is InChI=1S/C13H21N3O/c14-11-7-5-10(6-8-11)13-16-15-12(17-13)9-3-1-2-4-9/h9-11H,1-8,14H2. The molecule has 2 saturated carbocycles. The summed E-state index contributed by atoms with van der Waals surface area (Å²) in [6.45, 7) is 0. The maximum atomic E-state index is 5.91. The van der Waals surface area contributed by atoms with E-state index in [0.29, 0.717) is 17.9 Å². The van der Waals surface area contributed by atoms with Crippen molar-refractivity contribution < 1.29 is 4.42 Å². The fourth-order valence-corrected chi connectivity index (χ4v) is 3.12. The molecule has 0 amide bonds. The Labute approximate surface area is 102 Å². The molecule has 1 aromatic heterocycles. The highest BCUT2D eigenvalue weighted by Crippen LogP contribution is 2.36. The van der Waals surface area contributed by atoms with E-state index in [1.165, 1.54) is 25.7 Å². The van der Waals surface area contributed by atoms with E-state index in [1.54, 1.807) is 0 Å². The third kappa shape index (κ3) is 2.37. The minimum atomic E-state index is 0.378. The van der Waals surface area contributed by atoms with Crippen molar-refractivity contribution >= 4 is 0 Å². The molecule has 0 atom stereocenters. The van der Waals surface area contributed by atoms with Gasteiger partial charge in [0.25, 0.3) is 0 Å². The first-order chi connectivity index (χ1) is 8.33. The third-order valence-corrected chi connectivity index (χ3v) is 4.28. The van der Waals surface area contributed by atoms with Crippen LogP contribution in [0, 0.1) is 0 Å². The predicted molar refractivity (Wildman–Crippen MR) is 64.7 cm³/mol. The van der Waals surface area contributed by atoms with Crippen LogP contribution in [0.3, 0.4) is 0 Å². The normalized spacial score (nSPS) is 30.9. The second-order valence-corrected chi connectivity index (χ2v) is 5.57. The molecule has 2 fully saturated rings. The zero-order chi connectivity index (χ0) is 11.7. The fraction of sp³-hybridized carbons (Fsp3) is 0.846. The van der Waals surface area contributed by atoms with Crippen LogP contribution in [-0.4, -0.2) is 16.2 Å². The van der Waals surface area contributed by atoms with Crippen molar-refractivity contribution in [2.75, 3.05) is 0 Å². The van der Waals surface area contributed by atoms with E-state index in [0.717, 1.165) is 37.5 Å². The molecule has 0 saturated heterocycles. The molecule has 2 N–H and O–H groups in total. The molecule has 0 aromatic carbocycles. The van der Waals surface area contributed by atoms with E-state index in [-0.39, 0.29) is 0 Å². The Morgan fingerprint density at radius 3 is 1.94 bits per heavy atom. The highest BCUT2D eigenvalue weighted by Gasteiger charge is 2.27. The first kappa shape index (κ1) is 11.2. The van der Waals surface area contributed by atoms with Gasteiger partial charge in [0.2, 0.25) is 11.8 Å².